The van der Waals surface area contributed by atoms with Crippen LogP contribution in [0.2, 0.25) is 0 Å². The molecule has 16 heavy (non-hydrogen) atoms. The maximum absolute atomic E-state index is 12.0. The molecule has 0 spiro atoms. The first-order valence-electron chi connectivity index (χ1n) is 4.25. The summed E-state index contributed by atoms with van der Waals surface area (Å²) in [6, 6.07) is 8.12. The van der Waals surface area contributed by atoms with Gasteiger partial charge in [0.15, 0.2) is 0 Å². The van der Waals surface area contributed by atoms with Crippen LogP contribution in [0.25, 0.3) is 5.76 Å². The lowest BCUT2D eigenvalue weighted by Crippen LogP contribution is -2.20. The minimum Gasteiger partial charge on any atom is -0.650 e. The molecule has 2 nitrogen and oxygen atoms in total. The largest absolute Gasteiger partial charge is 0.650 e. The molecule has 0 fully saturated rings. The highest BCUT2D eigenvalue weighted by molar-refractivity contribution is 6.05. The summed E-state index contributed by atoms with van der Waals surface area (Å²) >= 11 is 1.01. The third kappa shape index (κ3) is 3.40. The van der Waals surface area contributed by atoms with Crippen molar-refractivity contribution in [3.05, 3.63) is 42.0 Å². The van der Waals surface area contributed by atoms with Crippen LogP contribution in [0.3, 0.4) is 0 Å². The molecule has 1 aromatic carbocycles. The standard InChI is InChI=1S/C10H7F3O2.Al.H/c11-10(12,13)9(15)6-8(14)7-4-2-1-3-5-7;;/h1-6,14H;;/q;+1;/p-1. The fourth-order valence-corrected chi connectivity index (χ4v) is 1.26. The quantitative estimate of drug-likeness (QED) is 0.461. The first kappa shape index (κ1) is 12.8. The highest BCUT2D eigenvalue weighted by Gasteiger charge is 2.36. The number of rotatable bonds is 3. The number of hydrogen-bond acceptors (Lipinski definition) is 2. The van der Waals surface area contributed by atoms with Gasteiger partial charge in [-0.15, -0.1) is 0 Å². The van der Waals surface area contributed by atoms with Gasteiger partial charge >= 0.3 is 22.8 Å². The molecule has 0 aromatic heterocycles. The SMILES string of the molecule is O=C(C=C([O][AlH])c1ccccc1)C(F)(F)F. The van der Waals surface area contributed by atoms with Gasteiger partial charge in [-0.05, 0) is 0 Å². The minimum atomic E-state index is -4.87. The Labute approximate surface area is 98.5 Å². The summed E-state index contributed by atoms with van der Waals surface area (Å²) in [6.45, 7) is 0. The second-order valence-electron chi connectivity index (χ2n) is 2.88. The smallest absolute Gasteiger partial charge is 0.494 e. The van der Waals surface area contributed by atoms with Crippen molar-refractivity contribution in [3.63, 3.8) is 0 Å². The Bertz CT molecular complexity index is 398. The topological polar surface area (TPSA) is 26.3 Å². The zero-order valence-electron chi connectivity index (χ0n) is 8.12. The summed E-state index contributed by atoms with van der Waals surface area (Å²) in [4.78, 5) is 10.7. The van der Waals surface area contributed by atoms with Gasteiger partial charge in [0.1, 0.15) is 0 Å². The number of ketones is 1. The van der Waals surface area contributed by atoms with Gasteiger partial charge < -0.3 is 3.79 Å². The highest BCUT2D eigenvalue weighted by Crippen LogP contribution is 2.21. The van der Waals surface area contributed by atoms with Crippen LogP contribution in [-0.4, -0.2) is 28.6 Å². The van der Waals surface area contributed by atoms with Crippen LogP contribution < -0.4 is 0 Å². The summed E-state index contributed by atoms with van der Waals surface area (Å²) in [5.74, 6) is -2.03. The average molecular weight is 243 g/mol. The molecule has 0 atom stereocenters. The fraction of sp³-hybridized carbons (Fsp3) is 0.100. The van der Waals surface area contributed by atoms with E-state index >= 15 is 0 Å². The van der Waals surface area contributed by atoms with Crippen molar-refractivity contribution >= 4 is 28.2 Å². The van der Waals surface area contributed by atoms with Gasteiger partial charge in [-0.2, -0.15) is 13.2 Å². The molecule has 0 aliphatic rings. The number of alkyl halides is 3. The predicted octanol–water partition coefficient (Wildman–Crippen LogP) is 1.99. The lowest BCUT2D eigenvalue weighted by molar-refractivity contribution is -0.165. The van der Waals surface area contributed by atoms with E-state index in [9.17, 15) is 18.0 Å². The Kier molecular flexibility index (Phi) is 4.16. The molecule has 0 aliphatic heterocycles. The second-order valence-corrected chi connectivity index (χ2v) is 3.17. The maximum Gasteiger partial charge on any atom is 0.494 e. The lowest BCUT2D eigenvalue weighted by Gasteiger charge is -2.09. The van der Waals surface area contributed by atoms with Gasteiger partial charge in [-0.25, -0.2) is 0 Å². The predicted molar refractivity (Wildman–Crippen MR) is 53.7 cm³/mol. The van der Waals surface area contributed by atoms with Crippen molar-refractivity contribution in [2.45, 2.75) is 6.18 Å². The molecule has 1 aromatic rings. The van der Waals surface area contributed by atoms with E-state index in [2.05, 4.69) is 0 Å². The van der Waals surface area contributed by atoms with Gasteiger partial charge in [-0.1, -0.05) is 30.3 Å². The van der Waals surface area contributed by atoms with Crippen molar-refractivity contribution < 1.29 is 21.8 Å². The minimum absolute atomic E-state index is 0.0961. The van der Waals surface area contributed by atoms with Crippen LogP contribution in [0.15, 0.2) is 36.4 Å². The molecule has 0 amide bonds. The number of carbonyl (C=O) groups is 1. The molecular formula is C10H7AlF3O2. The van der Waals surface area contributed by atoms with Crippen molar-refractivity contribution in [3.8, 4) is 0 Å². The van der Waals surface area contributed by atoms with Gasteiger partial charge in [0, 0.05) is 11.6 Å². The van der Waals surface area contributed by atoms with E-state index in [4.69, 9.17) is 3.79 Å². The van der Waals surface area contributed by atoms with Crippen LogP contribution in [0.4, 0.5) is 13.2 Å². The summed E-state index contributed by atoms with van der Waals surface area (Å²) in [5.41, 5.74) is 0.426. The van der Waals surface area contributed by atoms with E-state index in [0.717, 1.165) is 16.6 Å². The highest BCUT2D eigenvalue weighted by atomic mass is 27.1. The van der Waals surface area contributed by atoms with Crippen LogP contribution in [0, 0.1) is 0 Å². The molecule has 0 heterocycles. The second kappa shape index (κ2) is 5.19. The van der Waals surface area contributed by atoms with Crippen molar-refractivity contribution in [2.75, 3.05) is 0 Å². The lowest BCUT2D eigenvalue weighted by atomic mass is 10.1. The van der Waals surface area contributed by atoms with E-state index < -0.39 is 12.0 Å². The monoisotopic (exact) mass is 243 g/mol. The Balaban J connectivity index is 3.00. The van der Waals surface area contributed by atoms with Crippen LogP contribution in [0.5, 0.6) is 0 Å². The van der Waals surface area contributed by atoms with E-state index in [1.165, 1.54) is 0 Å². The molecule has 0 N–H and O–H groups in total. The van der Waals surface area contributed by atoms with Gasteiger partial charge in [-0.3, -0.25) is 4.79 Å². The Morgan fingerprint density at radius 3 is 2.25 bits per heavy atom. The number of hydrogen-bond donors (Lipinski definition) is 0. The van der Waals surface area contributed by atoms with E-state index in [-0.39, 0.29) is 5.76 Å². The van der Waals surface area contributed by atoms with E-state index in [1.807, 2.05) is 0 Å². The first-order chi connectivity index (χ1) is 7.45. The zero-order valence-corrected chi connectivity index (χ0v) is 9.54. The maximum atomic E-state index is 12.0. The summed E-state index contributed by atoms with van der Waals surface area (Å²) in [5, 5.41) is 0. The molecule has 0 aliphatic carbocycles. The normalized spacial score (nSPS) is 12.3. The van der Waals surface area contributed by atoms with Crippen molar-refractivity contribution in [1.82, 2.24) is 0 Å². The Hall–Kier alpha value is -1.25. The summed E-state index contributed by atoms with van der Waals surface area (Å²) in [7, 11) is 0. The number of allylic oxidation sites excluding steroid dienone is 1. The third-order valence-electron chi connectivity index (χ3n) is 1.76. The van der Waals surface area contributed by atoms with Crippen LogP contribution in [0.1, 0.15) is 5.56 Å². The molecule has 6 heteroatoms. The molecule has 1 rings (SSSR count). The molecule has 1 radical (unpaired) electrons. The van der Waals surface area contributed by atoms with E-state index in [1.54, 1.807) is 30.3 Å². The molecule has 83 valence electrons. The molecule has 0 saturated carbocycles. The first-order valence-corrected chi connectivity index (χ1v) is 4.83. The average Bonchev–Trinajstić information content (AvgIpc) is 2.25. The molecular weight excluding hydrogens is 236 g/mol. The van der Waals surface area contributed by atoms with Gasteiger partial charge in [0.25, 0.3) is 5.78 Å². The van der Waals surface area contributed by atoms with Crippen molar-refractivity contribution in [1.29, 1.82) is 0 Å². The van der Waals surface area contributed by atoms with E-state index in [0.29, 0.717) is 11.6 Å². The molecule has 0 bridgehead atoms. The fourth-order valence-electron chi connectivity index (χ4n) is 1.01. The zero-order chi connectivity index (χ0) is 12.2. The Morgan fingerprint density at radius 1 is 1.25 bits per heavy atom. The summed E-state index contributed by atoms with van der Waals surface area (Å²) < 4.78 is 40.8. The number of halogens is 3. The molecule has 0 saturated heterocycles. The van der Waals surface area contributed by atoms with Gasteiger partial charge in [0.2, 0.25) is 0 Å². The molecule has 0 unspecified atom stereocenters. The van der Waals surface area contributed by atoms with Crippen LogP contribution in [-0.2, 0) is 8.58 Å². The van der Waals surface area contributed by atoms with Gasteiger partial charge in [0.05, 0.1) is 5.76 Å². The number of carbonyl (C=O) groups excluding carboxylic acids is 1. The van der Waals surface area contributed by atoms with Crippen molar-refractivity contribution in [2.24, 2.45) is 0 Å². The number of benzene rings is 1. The Morgan fingerprint density at radius 2 is 1.81 bits per heavy atom. The van der Waals surface area contributed by atoms with Crippen LogP contribution >= 0.6 is 0 Å². The third-order valence-corrected chi connectivity index (χ3v) is 2.07. The summed E-state index contributed by atoms with van der Waals surface area (Å²) in [6.07, 6.45) is -4.43.